The van der Waals surface area contributed by atoms with E-state index < -0.39 is 63.9 Å². The van der Waals surface area contributed by atoms with Crippen molar-refractivity contribution in [2.45, 2.75) is 25.5 Å². The minimum atomic E-state index is -5.17. The van der Waals surface area contributed by atoms with E-state index in [4.69, 9.17) is 20.0 Å². The lowest BCUT2D eigenvalue weighted by molar-refractivity contribution is -0.143. The van der Waals surface area contributed by atoms with Gasteiger partial charge in [-0.2, -0.15) is 60.0 Å². The van der Waals surface area contributed by atoms with E-state index in [1.807, 2.05) is 0 Å². The predicted molar refractivity (Wildman–Crippen MR) is 118 cm³/mol. The van der Waals surface area contributed by atoms with Gasteiger partial charge in [-0.3, -0.25) is 0 Å². The first-order valence-electron chi connectivity index (χ1n) is 10.2. The number of hydrogen-bond acceptors (Lipinski definition) is 6. The minimum Gasteiger partial charge on any atom is -0.456 e. The van der Waals surface area contributed by atoms with Crippen molar-refractivity contribution in [1.82, 2.24) is 0 Å². The number of halogens is 9. The molecule has 0 N–H and O–H groups in total. The van der Waals surface area contributed by atoms with E-state index in [2.05, 4.69) is 9.98 Å². The summed E-state index contributed by atoms with van der Waals surface area (Å²) in [5, 5.41) is 17.8. The van der Waals surface area contributed by atoms with Crippen molar-refractivity contribution < 1.29 is 49.0 Å². The van der Waals surface area contributed by atoms with Crippen molar-refractivity contribution in [3.63, 3.8) is 0 Å². The van der Waals surface area contributed by atoms with E-state index in [9.17, 15) is 39.5 Å². The van der Waals surface area contributed by atoms with Crippen LogP contribution in [0.2, 0.25) is 0 Å². The van der Waals surface area contributed by atoms with Gasteiger partial charge in [-0.05, 0) is 49.4 Å². The molecule has 0 fully saturated rings. The summed E-state index contributed by atoms with van der Waals surface area (Å²) in [6, 6.07) is 3.91. The molecule has 0 saturated carbocycles. The van der Waals surface area contributed by atoms with Crippen molar-refractivity contribution in [3.05, 3.63) is 82.8 Å². The van der Waals surface area contributed by atoms with E-state index in [0.717, 1.165) is 30.4 Å². The Bertz CT molecular complexity index is 1370. The lowest BCUT2D eigenvalue weighted by Crippen LogP contribution is -2.13. The highest BCUT2D eigenvalue weighted by atomic mass is 19.4. The molecule has 15 heteroatoms. The zero-order chi connectivity index (χ0) is 29.4. The molecule has 0 atom stereocenters. The van der Waals surface area contributed by atoms with Gasteiger partial charge in [0.15, 0.2) is 0 Å². The molecule has 39 heavy (non-hydrogen) atoms. The monoisotopic (exact) mass is 560 g/mol. The Morgan fingerprint density at radius 1 is 0.769 bits per heavy atom. The maximum absolute atomic E-state index is 13.2. The quantitative estimate of drug-likeness (QED) is 0.152. The average molecular weight is 560 g/mol. The van der Waals surface area contributed by atoms with Gasteiger partial charge >= 0.3 is 18.5 Å². The second-order valence-electron chi connectivity index (χ2n) is 7.13. The van der Waals surface area contributed by atoms with Crippen LogP contribution >= 0.6 is 0 Å². The fourth-order valence-corrected chi connectivity index (χ4v) is 2.78. The first kappa shape index (κ1) is 30.4. The molecule has 0 spiro atoms. The molecular weight excluding hydrogens is 547 g/mol. The number of aliphatic imine (C=N–C) groups is 2. The Labute approximate surface area is 214 Å². The Hall–Kier alpha value is -4.79. The molecule has 0 aromatic heterocycles. The maximum atomic E-state index is 13.2. The Morgan fingerprint density at radius 3 is 1.82 bits per heavy atom. The van der Waals surface area contributed by atoms with Gasteiger partial charge in [0.1, 0.15) is 28.7 Å². The SMILES string of the molecule is C/C=C(/Oc1cc(C(F)(F)F)cc(C(F)(F)F)c1)C(/C=C(\C=NC#N)Oc1cccc(C(F)(F)F)c1)=NC#N. The molecule has 0 amide bonds. The van der Waals surface area contributed by atoms with Crippen LogP contribution in [0, 0.1) is 22.9 Å². The second kappa shape index (κ2) is 12.2. The van der Waals surface area contributed by atoms with Gasteiger partial charge in [0.2, 0.25) is 12.4 Å². The molecule has 6 nitrogen and oxygen atoms in total. The van der Waals surface area contributed by atoms with Gasteiger partial charge in [0, 0.05) is 6.08 Å². The fraction of sp³-hybridized carbons (Fsp3) is 0.167. The predicted octanol–water partition coefficient (Wildman–Crippen LogP) is 7.46. The van der Waals surface area contributed by atoms with Gasteiger partial charge in [0.05, 0.1) is 22.9 Å². The van der Waals surface area contributed by atoms with Crippen LogP contribution in [-0.2, 0) is 18.5 Å². The summed E-state index contributed by atoms with van der Waals surface area (Å²) >= 11 is 0. The summed E-state index contributed by atoms with van der Waals surface area (Å²) in [6.45, 7) is 1.24. The molecule has 0 aliphatic rings. The molecule has 2 aromatic rings. The van der Waals surface area contributed by atoms with E-state index in [1.165, 1.54) is 19.3 Å². The summed E-state index contributed by atoms with van der Waals surface area (Å²) < 4.78 is 129. The van der Waals surface area contributed by atoms with Crippen molar-refractivity contribution >= 4 is 11.9 Å². The number of nitriles is 2. The first-order valence-corrected chi connectivity index (χ1v) is 10.2. The smallest absolute Gasteiger partial charge is 0.416 e. The number of allylic oxidation sites excluding steroid dienone is 3. The summed E-state index contributed by atoms with van der Waals surface area (Å²) in [4.78, 5) is 6.60. The third-order valence-corrected chi connectivity index (χ3v) is 4.40. The van der Waals surface area contributed by atoms with Crippen molar-refractivity contribution in [2.24, 2.45) is 9.98 Å². The summed E-state index contributed by atoms with van der Waals surface area (Å²) in [7, 11) is 0. The van der Waals surface area contributed by atoms with Crippen LogP contribution in [0.25, 0.3) is 0 Å². The maximum Gasteiger partial charge on any atom is 0.416 e. The molecule has 0 heterocycles. The van der Waals surface area contributed by atoms with Gasteiger partial charge in [-0.15, -0.1) is 0 Å². The normalized spacial score (nSPS) is 13.7. The van der Waals surface area contributed by atoms with Crippen LogP contribution in [0.3, 0.4) is 0 Å². The molecule has 0 saturated heterocycles. The van der Waals surface area contributed by atoms with E-state index in [-0.39, 0.29) is 18.2 Å². The third kappa shape index (κ3) is 8.92. The fourth-order valence-electron chi connectivity index (χ4n) is 2.78. The van der Waals surface area contributed by atoms with Crippen molar-refractivity contribution in [2.75, 3.05) is 0 Å². The first-order chi connectivity index (χ1) is 18.1. The Kier molecular flexibility index (Phi) is 9.50. The van der Waals surface area contributed by atoms with Crippen LogP contribution in [0.1, 0.15) is 23.6 Å². The zero-order valence-electron chi connectivity index (χ0n) is 19.3. The minimum absolute atomic E-state index is 0.119. The number of nitrogens with zero attached hydrogens (tertiary/aromatic N) is 4. The summed E-state index contributed by atoms with van der Waals surface area (Å²) in [5.41, 5.74) is -4.99. The lowest BCUT2D eigenvalue weighted by atomic mass is 10.1. The molecule has 0 aliphatic carbocycles. The molecule has 0 radical (unpaired) electrons. The topological polar surface area (TPSA) is 90.8 Å². The van der Waals surface area contributed by atoms with Crippen LogP contribution in [-0.4, -0.2) is 11.9 Å². The van der Waals surface area contributed by atoms with Crippen LogP contribution in [0.5, 0.6) is 11.5 Å². The summed E-state index contributed by atoms with van der Waals surface area (Å²) in [6.07, 6.45) is -9.81. The highest BCUT2D eigenvalue weighted by molar-refractivity contribution is 6.10. The number of alkyl halides is 9. The van der Waals surface area contributed by atoms with Gasteiger partial charge in [0.25, 0.3) is 0 Å². The van der Waals surface area contributed by atoms with E-state index in [0.29, 0.717) is 12.3 Å². The van der Waals surface area contributed by atoms with Gasteiger partial charge in [-0.25, -0.2) is 0 Å². The van der Waals surface area contributed by atoms with Crippen molar-refractivity contribution in [1.29, 1.82) is 10.5 Å². The van der Waals surface area contributed by atoms with Crippen LogP contribution in [0.15, 0.2) is 76.1 Å². The Balaban J connectivity index is 2.55. The lowest BCUT2D eigenvalue weighted by Gasteiger charge is -2.16. The molecule has 2 rings (SSSR count). The number of hydrogen-bond donors (Lipinski definition) is 0. The van der Waals surface area contributed by atoms with Gasteiger partial charge < -0.3 is 9.47 Å². The highest BCUT2D eigenvalue weighted by Crippen LogP contribution is 2.38. The molecule has 0 unspecified atom stereocenters. The molecule has 2 aromatic carbocycles. The molecule has 0 bridgehead atoms. The molecule has 0 aliphatic heterocycles. The molecular formula is C24H13F9N4O2. The summed E-state index contributed by atoms with van der Waals surface area (Å²) in [5.74, 6) is -2.35. The van der Waals surface area contributed by atoms with Crippen LogP contribution < -0.4 is 9.47 Å². The number of rotatable bonds is 7. The second-order valence-corrected chi connectivity index (χ2v) is 7.13. The highest BCUT2D eigenvalue weighted by Gasteiger charge is 2.37. The Morgan fingerprint density at radius 2 is 1.33 bits per heavy atom. The number of ether oxygens (including phenoxy) is 2. The van der Waals surface area contributed by atoms with Crippen LogP contribution in [0.4, 0.5) is 39.5 Å². The average Bonchev–Trinajstić information content (AvgIpc) is 2.84. The largest absolute Gasteiger partial charge is 0.456 e. The molecule has 204 valence electrons. The third-order valence-electron chi connectivity index (χ3n) is 4.40. The zero-order valence-corrected chi connectivity index (χ0v) is 19.3. The van der Waals surface area contributed by atoms with E-state index >= 15 is 0 Å². The standard InChI is InChI=1S/C24H13F9N4O2/c1-2-21(39-18-8-15(23(28,29)30)6-16(9-18)24(31,32)33)20(37-13-35)10-19(11-36-12-34)38-17-5-3-4-14(7-17)22(25,26)27/h2-11H,1H3/b19-10+,21-2+,36-11?,37-20?. The number of benzene rings is 2. The van der Waals surface area contributed by atoms with Crippen molar-refractivity contribution in [3.8, 4) is 23.9 Å². The van der Waals surface area contributed by atoms with Gasteiger partial charge in [-0.1, -0.05) is 6.07 Å². The van der Waals surface area contributed by atoms with E-state index in [1.54, 1.807) is 0 Å².